The molecule has 0 saturated carbocycles. The van der Waals surface area contributed by atoms with Gasteiger partial charge in [-0.3, -0.25) is 10.5 Å². The molecule has 162 valence electrons. The molecule has 0 radical (unpaired) electrons. The Balaban J connectivity index is 1.59. The van der Waals surface area contributed by atoms with Gasteiger partial charge in [0.2, 0.25) is 0 Å². The molecule has 0 bridgehead atoms. The highest BCUT2D eigenvalue weighted by molar-refractivity contribution is 6.03. The van der Waals surface area contributed by atoms with Crippen molar-refractivity contribution in [3.63, 3.8) is 0 Å². The summed E-state index contributed by atoms with van der Waals surface area (Å²) in [4.78, 5) is 28.6. The lowest BCUT2D eigenvalue weighted by Gasteiger charge is -2.38. The minimum Gasteiger partial charge on any atom is -0.381 e. The summed E-state index contributed by atoms with van der Waals surface area (Å²) in [7, 11) is 0. The van der Waals surface area contributed by atoms with E-state index in [0.29, 0.717) is 37.8 Å². The van der Waals surface area contributed by atoms with Crippen LogP contribution in [-0.2, 0) is 16.1 Å². The maximum atomic E-state index is 13.3. The van der Waals surface area contributed by atoms with Crippen LogP contribution in [0.15, 0.2) is 48.5 Å². The molecule has 2 aliphatic rings. The Morgan fingerprint density at radius 2 is 1.97 bits per heavy atom. The molecule has 2 unspecified atom stereocenters. The van der Waals surface area contributed by atoms with Crippen LogP contribution in [0.3, 0.4) is 0 Å². The molecule has 31 heavy (non-hydrogen) atoms. The van der Waals surface area contributed by atoms with Gasteiger partial charge >= 0.3 is 11.8 Å². The number of amides is 2. The fourth-order valence-corrected chi connectivity index (χ4v) is 4.18. The number of rotatable bonds is 4. The summed E-state index contributed by atoms with van der Waals surface area (Å²) < 4.78 is 32.0. The molecule has 1 fully saturated rings. The minimum absolute atomic E-state index is 0.0145. The third-order valence-corrected chi connectivity index (χ3v) is 5.85. The van der Waals surface area contributed by atoms with Crippen molar-refractivity contribution < 1.29 is 28.1 Å². The van der Waals surface area contributed by atoms with Crippen molar-refractivity contribution in [2.24, 2.45) is 5.73 Å². The zero-order valence-electron chi connectivity index (χ0n) is 17.1. The fraction of sp³-hybridized carbons (Fsp3) is 0.348. The summed E-state index contributed by atoms with van der Waals surface area (Å²) in [5.74, 6) is -5.33. The lowest BCUT2D eigenvalue weighted by Crippen LogP contribution is -2.83. The molecule has 2 heterocycles. The van der Waals surface area contributed by atoms with E-state index in [4.69, 9.17) is 10.5 Å². The average Bonchev–Trinajstić information content (AvgIpc) is 3.09. The second-order valence-electron chi connectivity index (χ2n) is 8.01. The number of ether oxygens (including phenoxy) is 1. The van der Waals surface area contributed by atoms with Crippen molar-refractivity contribution in [2.75, 3.05) is 13.2 Å². The molecule has 8 heteroatoms. The number of hydrogen-bond donors (Lipinski definition) is 2. The highest BCUT2D eigenvalue weighted by Crippen LogP contribution is 2.35. The van der Waals surface area contributed by atoms with Crippen LogP contribution >= 0.6 is 0 Å². The van der Waals surface area contributed by atoms with Crippen LogP contribution in [0.4, 0.5) is 8.78 Å². The highest BCUT2D eigenvalue weighted by atomic mass is 19.3. The molecular formula is C23H24F2N3O3+. The van der Waals surface area contributed by atoms with E-state index < -0.39 is 11.8 Å². The van der Waals surface area contributed by atoms with E-state index in [9.17, 15) is 18.4 Å². The van der Waals surface area contributed by atoms with Crippen LogP contribution in [0.2, 0.25) is 0 Å². The van der Waals surface area contributed by atoms with E-state index >= 15 is 0 Å². The summed E-state index contributed by atoms with van der Waals surface area (Å²) in [6.45, 7) is 2.08. The third kappa shape index (κ3) is 4.20. The van der Waals surface area contributed by atoms with E-state index in [2.05, 4.69) is 0 Å². The summed E-state index contributed by atoms with van der Waals surface area (Å²) in [5.41, 5.74) is 8.57. The lowest BCUT2D eigenvalue weighted by molar-refractivity contribution is -0.395. The van der Waals surface area contributed by atoms with E-state index in [0.717, 1.165) is 17.5 Å². The largest absolute Gasteiger partial charge is 0.381 e. The number of nitrogens with two attached hydrogens (primary N) is 1. The van der Waals surface area contributed by atoms with Gasteiger partial charge in [-0.05, 0) is 29.7 Å². The number of hydrogen-bond acceptors (Lipinski definition) is 3. The van der Waals surface area contributed by atoms with Gasteiger partial charge in [0.05, 0.1) is 12.2 Å². The Morgan fingerprint density at radius 3 is 2.68 bits per heavy atom. The van der Waals surface area contributed by atoms with E-state index in [1.54, 1.807) is 18.2 Å². The van der Waals surface area contributed by atoms with E-state index in [1.165, 1.54) is 0 Å². The van der Waals surface area contributed by atoms with Gasteiger partial charge < -0.3 is 9.64 Å². The molecule has 2 amide bonds. The lowest BCUT2D eigenvalue weighted by atomic mass is 9.87. The van der Waals surface area contributed by atoms with Crippen molar-refractivity contribution >= 4 is 17.6 Å². The van der Waals surface area contributed by atoms with E-state index in [1.807, 2.05) is 40.2 Å². The van der Waals surface area contributed by atoms with Gasteiger partial charge in [0, 0.05) is 37.6 Å². The molecule has 2 aromatic rings. The second kappa shape index (κ2) is 8.19. The van der Waals surface area contributed by atoms with Crippen molar-refractivity contribution in [3.05, 3.63) is 70.8 Å². The summed E-state index contributed by atoms with van der Waals surface area (Å²) in [5, 5.41) is 0. The number of carbonyl (C=O) groups is 2. The number of nitrogens with one attached hydrogen (secondary N) is 1. The number of fused-ring (bicyclic) bond motifs is 1. The van der Waals surface area contributed by atoms with Crippen molar-refractivity contribution in [3.8, 4) is 0 Å². The molecule has 6 nitrogen and oxygen atoms in total. The number of alkyl halides is 2. The average molecular weight is 428 g/mol. The second-order valence-corrected chi connectivity index (χ2v) is 8.01. The minimum atomic E-state index is -3.55. The molecule has 1 saturated heterocycles. The zero-order chi connectivity index (χ0) is 22.2. The molecule has 0 aliphatic carbocycles. The quantitative estimate of drug-likeness (QED) is 0.566. The number of nitrogen functional groups attached to an aromatic ring is 1. The predicted octanol–water partition coefficient (Wildman–Crippen LogP) is 1.18. The van der Waals surface area contributed by atoms with Gasteiger partial charge in [0.1, 0.15) is 0 Å². The van der Waals surface area contributed by atoms with Crippen molar-refractivity contribution in [1.82, 2.24) is 4.90 Å². The molecular weight excluding hydrogens is 404 g/mol. The van der Waals surface area contributed by atoms with Gasteiger partial charge in [-0.1, -0.05) is 36.4 Å². The Labute approximate surface area is 178 Å². The van der Waals surface area contributed by atoms with Gasteiger partial charge in [-0.15, -0.1) is 0 Å². The smallest absolute Gasteiger partial charge is 0.377 e. The number of carbonyl (C=O) groups excluding carboxylic acids is 2. The Kier molecular flexibility index (Phi) is 5.58. The van der Waals surface area contributed by atoms with Crippen LogP contribution < -0.4 is 10.7 Å². The van der Waals surface area contributed by atoms with Crippen molar-refractivity contribution in [2.45, 2.75) is 37.8 Å². The van der Waals surface area contributed by atoms with Gasteiger partial charge in [-0.25, -0.2) is 9.79 Å². The first kappa shape index (κ1) is 21.1. The first-order valence-electron chi connectivity index (χ1n) is 10.1. The van der Waals surface area contributed by atoms with Crippen LogP contribution in [0, 0.1) is 0 Å². The third-order valence-electron chi connectivity index (χ3n) is 5.85. The molecule has 2 aromatic carbocycles. The first-order chi connectivity index (χ1) is 14.8. The standard InChI is InChI=1S/C23H23F2N3O3/c1-23(24,25)22(30)27-20(26)15-7-8-16-12-28(21(29)17(16)11-15)19-9-10-31-13-18(19)14-5-3-2-4-6-14/h2-8,11,18-19H,9-10,12-13H2,1H3,(H2,26,27,30)/p+1. The predicted molar refractivity (Wildman–Crippen MR) is 110 cm³/mol. The number of amidine groups is 1. The monoisotopic (exact) mass is 428 g/mol. The molecule has 3 N–H and O–H groups in total. The van der Waals surface area contributed by atoms with Crippen LogP contribution in [-0.4, -0.2) is 47.7 Å². The Morgan fingerprint density at radius 1 is 1.23 bits per heavy atom. The topological polar surface area (TPSA) is 86.6 Å². The fourth-order valence-electron chi connectivity index (χ4n) is 4.18. The summed E-state index contributed by atoms with van der Waals surface area (Å²) in [6, 6.07) is 14.9. The number of nitrogens with zero attached hydrogens (tertiary/aromatic N) is 1. The van der Waals surface area contributed by atoms with Gasteiger partial charge in [0.25, 0.3) is 11.7 Å². The van der Waals surface area contributed by atoms with E-state index in [-0.39, 0.29) is 23.7 Å². The number of benzene rings is 2. The Bertz CT molecular complexity index is 1030. The molecule has 4 rings (SSSR count). The SMILES string of the molecule is CC(F)(F)C(=O)[NH+]=C(N)c1ccc2c(c1)C(=O)N(C1CCOCC1c1ccccc1)C2. The van der Waals surface area contributed by atoms with Crippen LogP contribution in [0.5, 0.6) is 0 Å². The maximum Gasteiger partial charge on any atom is 0.377 e. The van der Waals surface area contributed by atoms with Crippen molar-refractivity contribution in [1.29, 1.82) is 0 Å². The Hall–Kier alpha value is -3.13. The van der Waals surface area contributed by atoms with Crippen LogP contribution in [0.25, 0.3) is 0 Å². The number of halogens is 2. The first-order valence-corrected chi connectivity index (χ1v) is 10.1. The molecule has 0 aromatic heterocycles. The maximum absolute atomic E-state index is 13.3. The molecule has 0 spiro atoms. The van der Waals surface area contributed by atoms with Gasteiger partial charge in [0.15, 0.2) is 0 Å². The summed E-state index contributed by atoms with van der Waals surface area (Å²) in [6.07, 6.45) is 0.724. The van der Waals surface area contributed by atoms with Gasteiger partial charge in [-0.2, -0.15) is 8.78 Å². The molecule has 2 aliphatic heterocycles. The highest BCUT2D eigenvalue weighted by Gasteiger charge is 2.39. The molecule has 2 atom stereocenters. The summed E-state index contributed by atoms with van der Waals surface area (Å²) >= 11 is 0. The zero-order valence-corrected chi connectivity index (χ0v) is 17.1. The normalized spacial score (nSPS) is 21.8. The van der Waals surface area contributed by atoms with Crippen LogP contribution in [0.1, 0.15) is 46.3 Å².